The fourth-order valence-electron chi connectivity index (χ4n) is 3.76. The third-order valence-electron chi connectivity index (χ3n) is 5.41. The smallest absolute Gasteiger partial charge is 0.335 e. The lowest BCUT2D eigenvalue weighted by molar-refractivity contribution is 0.0697. The van der Waals surface area contributed by atoms with E-state index in [0.717, 1.165) is 17.8 Å². The highest BCUT2D eigenvalue weighted by Crippen LogP contribution is 2.32. The van der Waals surface area contributed by atoms with Gasteiger partial charge in [-0.2, -0.15) is 0 Å². The maximum absolute atomic E-state index is 13.6. The van der Waals surface area contributed by atoms with E-state index in [9.17, 15) is 22.7 Å². The van der Waals surface area contributed by atoms with Crippen LogP contribution in [0, 0.1) is 5.82 Å². The van der Waals surface area contributed by atoms with E-state index in [4.69, 9.17) is 11.6 Å². The number of nitrogens with zero attached hydrogens (tertiary/aromatic N) is 2. The van der Waals surface area contributed by atoms with Gasteiger partial charge in [-0.3, -0.25) is 4.72 Å². The summed E-state index contributed by atoms with van der Waals surface area (Å²) in [4.78, 5) is 15.4. The van der Waals surface area contributed by atoms with Gasteiger partial charge in [0.2, 0.25) is 0 Å². The first kappa shape index (κ1) is 22.9. The first-order chi connectivity index (χ1) is 15.7. The molecule has 3 aromatic carbocycles. The monoisotopic (exact) mass is 489 g/mol. The predicted molar refractivity (Wildman–Crippen MR) is 126 cm³/mol. The number of anilines is 3. The number of piperazine rings is 1. The number of rotatable bonds is 6. The third kappa shape index (κ3) is 5.04. The Bertz CT molecular complexity index is 1290. The van der Waals surface area contributed by atoms with Crippen molar-refractivity contribution in [2.45, 2.75) is 4.90 Å². The van der Waals surface area contributed by atoms with Crippen molar-refractivity contribution in [3.63, 3.8) is 0 Å². The van der Waals surface area contributed by atoms with Crippen molar-refractivity contribution in [2.75, 3.05) is 40.7 Å². The maximum Gasteiger partial charge on any atom is 0.335 e. The number of halogens is 2. The van der Waals surface area contributed by atoms with Crippen LogP contribution in [0.15, 0.2) is 71.6 Å². The van der Waals surface area contributed by atoms with Crippen molar-refractivity contribution >= 4 is 44.7 Å². The normalized spacial score (nSPS) is 14.2. The van der Waals surface area contributed by atoms with Crippen LogP contribution in [0.1, 0.15) is 10.4 Å². The molecular formula is C23H21ClFN3O4S. The fourth-order valence-corrected chi connectivity index (χ4v) is 5.11. The van der Waals surface area contributed by atoms with Gasteiger partial charge in [0, 0.05) is 26.2 Å². The number of para-hydroxylation sites is 1. The molecule has 10 heteroatoms. The van der Waals surface area contributed by atoms with E-state index >= 15 is 0 Å². The van der Waals surface area contributed by atoms with E-state index < -0.39 is 21.8 Å². The molecule has 2 N–H and O–H groups in total. The molecular weight excluding hydrogens is 469 g/mol. The molecule has 0 spiro atoms. The molecule has 7 nitrogen and oxygen atoms in total. The summed E-state index contributed by atoms with van der Waals surface area (Å²) in [7, 11) is -4.14. The molecule has 1 saturated heterocycles. The van der Waals surface area contributed by atoms with Crippen molar-refractivity contribution in [3.05, 3.63) is 83.1 Å². The van der Waals surface area contributed by atoms with E-state index in [2.05, 4.69) is 9.62 Å². The van der Waals surface area contributed by atoms with Crippen molar-refractivity contribution in [1.29, 1.82) is 0 Å². The first-order valence-electron chi connectivity index (χ1n) is 10.1. The summed E-state index contributed by atoms with van der Waals surface area (Å²) in [6.07, 6.45) is 0. The van der Waals surface area contributed by atoms with Gasteiger partial charge in [-0.15, -0.1) is 0 Å². The van der Waals surface area contributed by atoms with Gasteiger partial charge in [0.25, 0.3) is 10.0 Å². The molecule has 1 heterocycles. The maximum atomic E-state index is 13.6. The second-order valence-electron chi connectivity index (χ2n) is 7.53. The predicted octanol–water partition coefficient (Wildman–Crippen LogP) is 4.30. The molecule has 0 aromatic heterocycles. The average molecular weight is 490 g/mol. The van der Waals surface area contributed by atoms with Crippen LogP contribution >= 0.6 is 11.6 Å². The molecule has 3 aromatic rings. The molecule has 0 bridgehead atoms. The largest absolute Gasteiger partial charge is 0.478 e. The first-order valence-corrected chi connectivity index (χ1v) is 12.0. The average Bonchev–Trinajstić information content (AvgIpc) is 2.79. The van der Waals surface area contributed by atoms with E-state index in [0.29, 0.717) is 36.9 Å². The number of carbonyl (C=O) groups is 1. The Kier molecular flexibility index (Phi) is 6.44. The van der Waals surface area contributed by atoms with Crippen LogP contribution in [0.3, 0.4) is 0 Å². The Morgan fingerprint density at radius 2 is 1.58 bits per heavy atom. The molecule has 0 unspecified atom stereocenters. The SMILES string of the molecule is O=C(O)c1ccc(N2CCN(c3ccccc3Cl)CC2)c(NS(=O)(=O)c2cccc(F)c2)c1. The zero-order valence-corrected chi connectivity index (χ0v) is 19.0. The summed E-state index contributed by atoms with van der Waals surface area (Å²) < 4.78 is 41.8. The highest BCUT2D eigenvalue weighted by atomic mass is 35.5. The molecule has 1 aliphatic heterocycles. The molecule has 1 fully saturated rings. The Morgan fingerprint density at radius 3 is 2.21 bits per heavy atom. The van der Waals surface area contributed by atoms with Crippen LogP contribution in [0.5, 0.6) is 0 Å². The van der Waals surface area contributed by atoms with Gasteiger partial charge >= 0.3 is 5.97 Å². The van der Waals surface area contributed by atoms with Gasteiger partial charge in [0.15, 0.2) is 0 Å². The standard InChI is InChI=1S/C23H21ClFN3O4S/c24-19-6-1-2-7-21(19)27-10-12-28(13-11-27)22-9-8-16(23(29)30)14-20(22)26-33(31,32)18-5-3-4-17(25)15-18/h1-9,14-15,26H,10-13H2,(H,29,30). The van der Waals surface area contributed by atoms with Crippen LogP contribution in [0.4, 0.5) is 21.5 Å². The lowest BCUT2D eigenvalue weighted by Crippen LogP contribution is -2.46. The highest BCUT2D eigenvalue weighted by molar-refractivity contribution is 7.92. The number of carboxylic acids is 1. The molecule has 0 atom stereocenters. The van der Waals surface area contributed by atoms with Crippen molar-refractivity contribution in [2.24, 2.45) is 0 Å². The minimum Gasteiger partial charge on any atom is -0.478 e. The lowest BCUT2D eigenvalue weighted by Gasteiger charge is -2.38. The Labute approximate surface area is 196 Å². The Balaban J connectivity index is 1.61. The third-order valence-corrected chi connectivity index (χ3v) is 7.09. The van der Waals surface area contributed by atoms with Crippen LogP contribution in [-0.2, 0) is 10.0 Å². The van der Waals surface area contributed by atoms with Crippen LogP contribution in [0.2, 0.25) is 5.02 Å². The van der Waals surface area contributed by atoms with Crippen molar-refractivity contribution in [3.8, 4) is 0 Å². The van der Waals surface area contributed by atoms with Crippen molar-refractivity contribution in [1.82, 2.24) is 0 Å². The Hall–Kier alpha value is -3.30. The highest BCUT2D eigenvalue weighted by Gasteiger charge is 2.24. The summed E-state index contributed by atoms with van der Waals surface area (Å²) in [5.74, 6) is -1.87. The van der Waals surface area contributed by atoms with E-state index in [1.165, 1.54) is 24.3 Å². The number of hydrogen-bond acceptors (Lipinski definition) is 5. The number of benzene rings is 3. The summed E-state index contributed by atoms with van der Waals surface area (Å²) in [5.41, 5.74) is 1.52. The summed E-state index contributed by atoms with van der Waals surface area (Å²) in [6.45, 7) is 2.40. The summed E-state index contributed by atoms with van der Waals surface area (Å²) in [5, 5.41) is 10.0. The van der Waals surface area contributed by atoms with Gasteiger partial charge in [0.1, 0.15) is 5.82 Å². The fraction of sp³-hybridized carbons (Fsp3) is 0.174. The zero-order valence-electron chi connectivity index (χ0n) is 17.4. The van der Waals surface area contributed by atoms with Gasteiger partial charge in [0.05, 0.1) is 32.5 Å². The summed E-state index contributed by atoms with van der Waals surface area (Å²) in [6, 6.07) is 16.5. The zero-order chi connectivity index (χ0) is 23.6. The minimum atomic E-state index is -4.14. The number of sulfonamides is 1. The van der Waals surface area contributed by atoms with Gasteiger partial charge < -0.3 is 14.9 Å². The van der Waals surface area contributed by atoms with E-state index in [-0.39, 0.29) is 16.1 Å². The van der Waals surface area contributed by atoms with E-state index in [1.54, 1.807) is 6.07 Å². The molecule has 4 rings (SSSR count). The minimum absolute atomic E-state index is 0.0644. The summed E-state index contributed by atoms with van der Waals surface area (Å²) >= 11 is 6.31. The quantitative estimate of drug-likeness (QED) is 0.536. The number of carboxylic acid groups (broad SMARTS) is 1. The molecule has 1 aliphatic rings. The second-order valence-corrected chi connectivity index (χ2v) is 9.62. The number of nitrogens with one attached hydrogen (secondary N) is 1. The topological polar surface area (TPSA) is 89.9 Å². The molecule has 0 saturated carbocycles. The number of aromatic carboxylic acids is 1. The van der Waals surface area contributed by atoms with Crippen LogP contribution in [-0.4, -0.2) is 45.7 Å². The molecule has 0 radical (unpaired) electrons. The molecule has 172 valence electrons. The number of hydrogen-bond donors (Lipinski definition) is 2. The van der Waals surface area contributed by atoms with Crippen LogP contribution in [0.25, 0.3) is 0 Å². The van der Waals surface area contributed by atoms with Crippen LogP contribution < -0.4 is 14.5 Å². The van der Waals surface area contributed by atoms with Gasteiger partial charge in [-0.25, -0.2) is 17.6 Å². The molecule has 33 heavy (non-hydrogen) atoms. The van der Waals surface area contributed by atoms with Gasteiger partial charge in [-0.05, 0) is 48.5 Å². The lowest BCUT2D eigenvalue weighted by atomic mass is 10.1. The second kappa shape index (κ2) is 9.29. The van der Waals surface area contributed by atoms with Crippen molar-refractivity contribution < 1.29 is 22.7 Å². The Morgan fingerprint density at radius 1 is 0.909 bits per heavy atom. The molecule has 0 amide bonds. The molecule has 0 aliphatic carbocycles. The van der Waals surface area contributed by atoms with E-state index in [1.807, 2.05) is 29.2 Å². The van der Waals surface area contributed by atoms with Gasteiger partial charge in [-0.1, -0.05) is 29.8 Å².